The third-order valence-electron chi connectivity index (χ3n) is 24.9. The number of hydrogen-bond donors (Lipinski definition) is 7. The molecule has 10 aromatic rings. The van der Waals surface area contributed by atoms with Crippen LogP contribution in [0.1, 0.15) is 366 Å². The average molecular weight is 1900 g/mol. The first kappa shape index (κ1) is 117. The number of ketones is 6. The van der Waals surface area contributed by atoms with Gasteiger partial charge in [-0.25, -0.2) is 0 Å². The van der Waals surface area contributed by atoms with Crippen LogP contribution in [0.3, 0.4) is 0 Å². The number of aromatic amines is 2. The van der Waals surface area contributed by atoms with E-state index in [1.54, 1.807) is 17.6 Å². The lowest BCUT2D eigenvalue weighted by Crippen LogP contribution is -2.65. The summed E-state index contributed by atoms with van der Waals surface area (Å²) in [7, 11) is 0. The van der Waals surface area contributed by atoms with Gasteiger partial charge >= 0.3 is 0 Å². The molecule has 0 fully saturated rings. The van der Waals surface area contributed by atoms with Gasteiger partial charge in [0.2, 0.25) is 0 Å². The molecule has 10 atom stereocenters. The van der Waals surface area contributed by atoms with Crippen molar-refractivity contribution >= 4 is 88.9 Å². The molecule has 7 N–H and O–H groups in total. The van der Waals surface area contributed by atoms with E-state index in [-0.39, 0.29) is 149 Å². The Labute approximate surface area is 832 Å². The van der Waals surface area contributed by atoms with Crippen molar-refractivity contribution in [1.82, 2.24) is 41.5 Å². The largest absolute Gasteiger partial charge is 0.464 e. The van der Waals surface area contributed by atoms with Gasteiger partial charge in [0.25, 0.3) is 0 Å². The van der Waals surface area contributed by atoms with Crippen LogP contribution < -0.4 is 26.6 Å². The van der Waals surface area contributed by atoms with Gasteiger partial charge in [0.1, 0.15) is 5.58 Å². The number of aryl methyl sites for hydroxylation is 1. The number of Topliss-reactive ketones (excluding diaryl/α,β-unsaturated/α-hetero) is 6. The number of carbonyl (C=O) groups is 6. The van der Waals surface area contributed by atoms with E-state index >= 15 is 0 Å². The SMILES string of the molecule is CC(C)(C)N[C@H](CCCc1ccccc1)C(=O)C(C)(C)C.CC(C)(C)N[C@H](COCc1ccccc1)C(=O)C(C)(C)C.CC(c1c[nH]c2ccccc12)C(NC(C)(C)C)C(=O)C(C)(C)C.CC(c1coc2ccccc12)C(NC(C)(C)C)C(=O)C(C)(C)C.CC(c1csc2ccccc12)C(NC(C)(C)C)C(=O)C(C)(C)C.CC1c2c([nH]c3ccccc23)C(C)(C)N(C(C)(C)C)C1C(=O)C(C)(C)C. The number of H-pyrrole nitrogens is 2. The fraction of sp³-hybridized carbons (Fsp3) is 0.583. The summed E-state index contributed by atoms with van der Waals surface area (Å²) in [4.78, 5) is 87.3. The topological polar surface area (TPSA) is 220 Å². The molecule has 0 aliphatic carbocycles. The highest BCUT2D eigenvalue weighted by atomic mass is 32.1. The maximum absolute atomic E-state index is 13.6. The highest BCUT2D eigenvalue weighted by Gasteiger charge is 2.54. The van der Waals surface area contributed by atoms with Crippen molar-refractivity contribution < 1.29 is 37.9 Å². The van der Waals surface area contributed by atoms with Crippen LogP contribution in [0, 0.1) is 32.5 Å². The maximum Gasteiger partial charge on any atom is 0.157 e. The number of hydrogen-bond acceptors (Lipinski definition) is 15. The molecule has 756 valence electrons. The Kier molecular flexibility index (Phi) is 39.9. The summed E-state index contributed by atoms with van der Waals surface area (Å²) in [5.74, 6) is 1.98. The number of benzene rings is 6. The summed E-state index contributed by atoms with van der Waals surface area (Å²) >= 11 is 1.76. The van der Waals surface area contributed by atoms with E-state index in [4.69, 9.17) is 9.15 Å². The van der Waals surface area contributed by atoms with E-state index in [1.807, 2.05) is 198 Å². The predicted octanol–water partition coefficient (Wildman–Crippen LogP) is 28.5. The molecule has 0 bridgehead atoms. The van der Waals surface area contributed by atoms with Crippen molar-refractivity contribution in [3.05, 3.63) is 215 Å². The molecule has 1 aliphatic heterocycles. The van der Waals surface area contributed by atoms with Crippen molar-refractivity contribution in [1.29, 1.82) is 0 Å². The zero-order chi connectivity index (χ0) is 104. The Balaban J connectivity index is 0.000000253. The highest BCUT2D eigenvalue weighted by molar-refractivity contribution is 7.17. The zero-order valence-corrected chi connectivity index (χ0v) is 93.5. The second-order valence-electron chi connectivity index (χ2n) is 51.4. The summed E-state index contributed by atoms with van der Waals surface area (Å²) < 4.78 is 12.7. The molecule has 4 aromatic heterocycles. The third kappa shape index (κ3) is 34.5. The number of furan rings is 1. The molecule has 0 saturated carbocycles. The molecule has 1 aliphatic rings. The van der Waals surface area contributed by atoms with Gasteiger partial charge in [-0.1, -0.05) is 286 Å². The van der Waals surface area contributed by atoms with Crippen LogP contribution in [0.2, 0.25) is 0 Å². The molecule has 5 heterocycles. The average Bonchev–Trinajstić information content (AvgIpc) is 1.59. The van der Waals surface area contributed by atoms with E-state index in [0.717, 1.165) is 52.4 Å². The minimum Gasteiger partial charge on any atom is -0.464 e. The van der Waals surface area contributed by atoms with Gasteiger partial charge in [-0.05, 0) is 221 Å². The minimum absolute atomic E-state index is 0.0320. The zero-order valence-electron chi connectivity index (χ0n) is 92.7. The van der Waals surface area contributed by atoms with Gasteiger partial charge in [-0.2, -0.15) is 0 Å². The molecule has 0 saturated heterocycles. The van der Waals surface area contributed by atoms with E-state index in [1.165, 1.54) is 48.8 Å². The van der Waals surface area contributed by atoms with Crippen LogP contribution in [-0.2, 0) is 52.1 Å². The van der Waals surface area contributed by atoms with Gasteiger partial charge < -0.3 is 45.7 Å². The predicted molar refractivity (Wildman–Crippen MR) is 582 cm³/mol. The van der Waals surface area contributed by atoms with Gasteiger partial charge in [0, 0.05) is 139 Å². The van der Waals surface area contributed by atoms with Crippen LogP contribution in [0.4, 0.5) is 0 Å². The smallest absolute Gasteiger partial charge is 0.157 e. The number of ether oxygens (including phenoxy) is 1. The summed E-state index contributed by atoms with van der Waals surface area (Å²) in [5.41, 5.74) is 8.64. The van der Waals surface area contributed by atoms with Gasteiger partial charge in [-0.3, -0.25) is 33.7 Å². The van der Waals surface area contributed by atoms with Gasteiger partial charge in [0.05, 0.1) is 61.3 Å². The monoisotopic (exact) mass is 1900 g/mol. The quantitative estimate of drug-likeness (QED) is 0.0283. The Hall–Kier alpha value is -8.36. The summed E-state index contributed by atoms with van der Waals surface area (Å²) in [6.45, 7) is 88.1. The molecule has 16 nitrogen and oxygen atoms in total. The Bertz CT molecular complexity index is 5160. The Morgan fingerprint density at radius 1 is 0.416 bits per heavy atom. The molecule has 11 rings (SSSR count). The van der Waals surface area contributed by atoms with Crippen LogP contribution in [0.15, 0.2) is 180 Å². The molecule has 0 radical (unpaired) electrons. The van der Waals surface area contributed by atoms with E-state index in [2.05, 4.69) is 304 Å². The molecule has 6 aromatic carbocycles. The third-order valence-corrected chi connectivity index (χ3v) is 25.8. The summed E-state index contributed by atoms with van der Waals surface area (Å²) in [6.07, 6.45) is 6.79. The lowest BCUT2D eigenvalue weighted by Gasteiger charge is -2.56. The van der Waals surface area contributed by atoms with E-state index in [0.29, 0.717) is 24.8 Å². The number of carbonyl (C=O) groups excluding carboxylic acids is 6. The van der Waals surface area contributed by atoms with Crippen LogP contribution >= 0.6 is 11.3 Å². The maximum atomic E-state index is 13.6. The first-order valence-corrected chi connectivity index (χ1v) is 51.0. The number of nitrogens with zero attached hydrogens (tertiary/aromatic N) is 1. The first-order chi connectivity index (χ1) is 62.5. The number of para-hydroxylation sites is 3. The molecule has 17 heteroatoms. The van der Waals surface area contributed by atoms with Gasteiger partial charge in [-0.15, -0.1) is 11.3 Å². The molecule has 137 heavy (non-hydrogen) atoms. The summed E-state index contributed by atoms with van der Waals surface area (Å²) in [5, 5.41) is 24.5. The lowest BCUT2D eigenvalue weighted by atomic mass is 9.70. The van der Waals surface area contributed by atoms with Crippen LogP contribution in [-0.4, -0.2) is 126 Å². The van der Waals surface area contributed by atoms with Crippen molar-refractivity contribution in [3.63, 3.8) is 0 Å². The summed E-state index contributed by atoms with van der Waals surface area (Å²) in [6, 6.07) is 52.5. The number of fused-ring (bicyclic) bond motifs is 6. The van der Waals surface area contributed by atoms with Crippen molar-refractivity contribution in [2.45, 2.75) is 415 Å². The van der Waals surface area contributed by atoms with E-state index < -0.39 is 5.41 Å². The molecular weight excluding hydrogens is 1710 g/mol. The van der Waals surface area contributed by atoms with E-state index in [9.17, 15) is 28.8 Å². The second kappa shape index (κ2) is 46.6. The molecule has 0 amide bonds. The first-order valence-electron chi connectivity index (χ1n) is 50.2. The van der Waals surface area contributed by atoms with Crippen molar-refractivity contribution in [2.24, 2.45) is 32.5 Å². The highest BCUT2D eigenvalue weighted by Crippen LogP contribution is 2.51. The van der Waals surface area contributed by atoms with Crippen molar-refractivity contribution in [2.75, 3.05) is 6.61 Å². The fourth-order valence-electron chi connectivity index (χ4n) is 18.3. The van der Waals surface area contributed by atoms with Crippen LogP contribution in [0.25, 0.3) is 42.9 Å². The molecule has 0 spiro atoms. The fourth-order valence-corrected chi connectivity index (χ4v) is 19.4. The standard InChI is InChI=1S/C23H34N2O.C20H30N2O.C20H29NO2.C20H29NOS.C19H31NO.C18H29NO2/c1-14-17-15-12-10-11-13-16(15)24-19(17)23(8,9)25(22(5,6)7)18(14)20(26)21(2,3)4;1-13(15-12-21-16-11-9-8-10-14(15)16)17(22-20(5,6)7)18(23)19(2,3)4;2*1-13(15-12-23-16-11-9-8-10-14(15)16)17(21-20(5,6)7)18(22)19(2,3)4;1-18(2,3)17(21)16(20-19(4,5)6)14-10-13-15-11-8-7-9-12-15;1-17(2,3)16(20)15(19-18(4,5)6)13-21-12-14-10-8-7-9-11-14/h10-14,18,24H,1-9H3;8-13,17,21-22H,1-7H3;2*8-13,17,21H,1-7H3;7-9,11-12,16,20H,10,13-14H2,1-6H3;7-11,15,19H,12-13H2,1-6H3/t;;;;16-;15-/m....11/s1. The van der Waals surface area contributed by atoms with Crippen molar-refractivity contribution in [3.8, 4) is 0 Å². The number of aromatic nitrogens is 2. The number of thiophene rings is 1. The normalized spacial score (nSPS) is 16.7. The van der Waals surface area contributed by atoms with Crippen LogP contribution in [0.5, 0.6) is 0 Å². The minimum atomic E-state index is -0.392. The Morgan fingerprint density at radius 2 is 0.796 bits per heavy atom. The lowest BCUT2D eigenvalue weighted by molar-refractivity contribution is -0.142. The Morgan fingerprint density at radius 3 is 1.24 bits per heavy atom. The number of nitrogens with one attached hydrogen (secondary N) is 7. The molecular formula is C120H182N8O8S. The second-order valence-corrected chi connectivity index (χ2v) is 52.3. The molecule has 8 unspecified atom stereocenters. The number of rotatable bonds is 25. The van der Waals surface area contributed by atoms with Gasteiger partial charge in [0.15, 0.2) is 34.7 Å².